The second-order valence-electron chi connectivity index (χ2n) is 6.56. The number of nitrogens with one attached hydrogen (secondary N) is 1. The van der Waals surface area contributed by atoms with E-state index in [1.54, 1.807) is 0 Å². The molecule has 0 aliphatic carbocycles. The molecule has 3 rings (SSSR count). The second kappa shape index (κ2) is 9.46. The van der Waals surface area contributed by atoms with E-state index in [2.05, 4.69) is 5.32 Å². The van der Waals surface area contributed by atoms with Gasteiger partial charge in [0, 0.05) is 26.2 Å². The molecule has 0 aromatic heterocycles. The number of ether oxygens (including phenoxy) is 3. The van der Waals surface area contributed by atoms with Gasteiger partial charge in [0.05, 0.1) is 29.8 Å². The van der Waals surface area contributed by atoms with Crippen LogP contribution >= 0.6 is 0 Å². The van der Waals surface area contributed by atoms with E-state index in [9.17, 15) is 18.0 Å². The van der Waals surface area contributed by atoms with Crippen LogP contribution in [-0.4, -0.2) is 76.8 Å². The lowest BCUT2D eigenvalue weighted by Gasteiger charge is -2.26. The van der Waals surface area contributed by atoms with E-state index in [1.165, 1.54) is 28.6 Å². The lowest BCUT2D eigenvalue weighted by atomic mass is 10.2. The Kier molecular flexibility index (Phi) is 7.00. The maximum atomic E-state index is 12.6. The Labute approximate surface area is 164 Å². The molecule has 2 aliphatic heterocycles. The molecule has 1 amide bonds. The Balaban J connectivity index is 1.49. The Hall–Kier alpha value is -2.01. The Morgan fingerprint density at radius 1 is 1.14 bits per heavy atom. The Bertz CT molecular complexity index is 783. The van der Waals surface area contributed by atoms with E-state index in [0.717, 1.165) is 12.8 Å². The van der Waals surface area contributed by atoms with Gasteiger partial charge in [0.2, 0.25) is 10.0 Å². The largest absolute Gasteiger partial charge is 0.452 e. The standard InChI is InChI=1S/C18H24N2O7S/c21-17(19-12-15-2-1-9-26-15)13-27-18(22)14-3-5-16(6-4-14)28(23,24)20-7-10-25-11-8-20/h3-6,15H,1-2,7-13H2,(H,19,21)/t15-/m0/s1. The number of morpholine rings is 1. The van der Waals surface area contributed by atoms with Gasteiger partial charge in [-0.25, -0.2) is 13.2 Å². The number of sulfonamides is 1. The zero-order valence-electron chi connectivity index (χ0n) is 15.5. The van der Waals surface area contributed by atoms with Crippen LogP contribution in [0.2, 0.25) is 0 Å². The molecule has 10 heteroatoms. The highest BCUT2D eigenvalue weighted by Crippen LogP contribution is 2.18. The van der Waals surface area contributed by atoms with Gasteiger partial charge in [-0.05, 0) is 37.1 Å². The fourth-order valence-electron chi connectivity index (χ4n) is 3.00. The molecule has 1 aromatic rings. The molecule has 0 saturated carbocycles. The molecule has 9 nitrogen and oxygen atoms in total. The number of rotatable bonds is 7. The van der Waals surface area contributed by atoms with Gasteiger partial charge in [0.15, 0.2) is 6.61 Å². The van der Waals surface area contributed by atoms with E-state index in [1.807, 2.05) is 0 Å². The van der Waals surface area contributed by atoms with Gasteiger partial charge in [0.25, 0.3) is 5.91 Å². The van der Waals surface area contributed by atoms with Crippen molar-refractivity contribution >= 4 is 21.9 Å². The van der Waals surface area contributed by atoms with Crippen LogP contribution in [0.3, 0.4) is 0 Å². The van der Waals surface area contributed by atoms with Crippen molar-refractivity contribution in [1.82, 2.24) is 9.62 Å². The van der Waals surface area contributed by atoms with Crippen molar-refractivity contribution in [2.24, 2.45) is 0 Å². The first-order valence-electron chi connectivity index (χ1n) is 9.20. The van der Waals surface area contributed by atoms with Crippen molar-refractivity contribution in [3.8, 4) is 0 Å². The number of amides is 1. The zero-order chi connectivity index (χ0) is 20.0. The predicted molar refractivity (Wildman–Crippen MR) is 98.3 cm³/mol. The summed E-state index contributed by atoms with van der Waals surface area (Å²) in [4.78, 5) is 23.9. The topological polar surface area (TPSA) is 111 Å². The Morgan fingerprint density at radius 2 is 1.86 bits per heavy atom. The summed E-state index contributed by atoms with van der Waals surface area (Å²) in [5.74, 6) is -1.10. The van der Waals surface area contributed by atoms with Crippen molar-refractivity contribution in [1.29, 1.82) is 0 Å². The van der Waals surface area contributed by atoms with E-state index < -0.39 is 28.5 Å². The summed E-state index contributed by atoms with van der Waals surface area (Å²) >= 11 is 0. The van der Waals surface area contributed by atoms with Crippen LogP contribution in [0.1, 0.15) is 23.2 Å². The average molecular weight is 412 g/mol. The van der Waals surface area contributed by atoms with Crippen LogP contribution < -0.4 is 5.32 Å². The summed E-state index contributed by atoms with van der Waals surface area (Å²) in [5.41, 5.74) is 0.174. The number of carbonyl (C=O) groups is 2. The van der Waals surface area contributed by atoms with Crippen LogP contribution in [-0.2, 0) is 29.0 Å². The van der Waals surface area contributed by atoms with Crippen molar-refractivity contribution in [3.63, 3.8) is 0 Å². The van der Waals surface area contributed by atoms with E-state index >= 15 is 0 Å². The first-order valence-corrected chi connectivity index (χ1v) is 10.6. The first-order chi connectivity index (χ1) is 13.5. The average Bonchev–Trinajstić information content (AvgIpc) is 3.25. The lowest BCUT2D eigenvalue weighted by molar-refractivity contribution is -0.124. The van der Waals surface area contributed by atoms with Crippen molar-refractivity contribution in [2.45, 2.75) is 23.8 Å². The summed E-state index contributed by atoms with van der Waals surface area (Å²) < 4.78 is 42.0. The minimum absolute atomic E-state index is 0.0145. The summed E-state index contributed by atoms with van der Waals surface area (Å²) in [6, 6.07) is 5.47. The summed E-state index contributed by atoms with van der Waals surface area (Å²) in [5, 5.41) is 2.66. The number of hydrogen-bond donors (Lipinski definition) is 1. The molecule has 2 aliphatic rings. The molecule has 0 unspecified atom stereocenters. The highest BCUT2D eigenvalue weighted by Gasteiger charge is 2.26. The van der Waals surface area contributed by atoms with Crippen molar-refractivity contribution in [2.75, 3.05) is 46.1 Å². The smallest absolute Gasteiger partial charge is 0.338 e. The quantitative estimate of drug-likeness (QED) is 0.635. The zero-order valence-corrected chi connectivity index (χ0v) is 16.3. The van der Waals surface area contributed by atoms with E-state index in [4.69, 9.17) is 14.2 Å². The van der Waals surface area contributed by atoms with Crippen LogP contribution in [0.5, 0.6) is 0 Å². The molecular formula is C18H24N2O7S. The van der Waals surface area contributed by atoms with Crippen LogP contribution in [0, 0.1) is 0 Å². The molecule has 0 radical (unpaired) electrons. The van der Waals surface area contributed by atoms with Gasteiger partial charge in [-0.2, -0.15) is 4.31 Å². The monoisotopic (exact) mass is 412 g/mol. The van der Waals surface area contributed by atoms with Crippen LogP contribution in [0.15, 0.2) is 29.2 Å². The van der Waals surface area contributed by atoms with Crippen molar-refractivity contribution in [3.05, 3.63) is 29.8 Å². The van der Waals surface area contributed by atoms with Gasteiger partial charge in [-0.15, -0.1) is 0 Å². The molecule has 2 heterocycles. The summed E-state index contributed by atoms with van der Waals surface area (Å²) in [6.07, 6.45) is 1.90. The fourth-order valence-corrected chi connectivity index (χ4v) is 4.41. The molecule has 2 saturated heterocycles. The number of nitrogens with zero attached hydrogens (tertiary/aromatic N) is 1. The maximum Gasteiger partial charge on any atom is 0.338 e. The number of benzene rings is 1. The highest BCUT2D eigenvalue weighted by molar-refractivity contribution is 7.89. The van der Waals surface area contributed by atoms with E-state index in [-0.39, 0.29) is 16.6 Å². The molecule has 154 valence electrons. The van der Waals surface area contributed by atoms with Gasteiger partial charge >= 0.3 is 5.97 Å². The Morgan fingerprint density at radius 3 is 2.50 bits per heavy atom. The molecular weight excluding hydrogens is 388 g/mol. The van der Waals surface area contributed by atoms with Gasteiger partial charge in [-0.1, -0.05) is 0 Å². The first kappa shape index (κ1) is 20.7. The molecule has 28 heavy (non-hydrogen) atoms. The van der Waals surface area contributed by atoms with Crippen LogP contribution in [0.4, 0.5) is 0 Å². The van der Waals surface area contributed by atoms with Gasteiger partial charge in [0.1, 0.15) is 0 Å². The SMILES string of the molecule is O=C(COC(=O)c1ccc(S(=O)(=O)N2CCOCC2)cc1)NC[C@@H]1CCCO1. The van der Waals surface area contributed by atoms with E-state index in [0.29, 0.717) is 39.5 Å². The van der Waals surface area contributed by atoms with Crippen molar-refractivity contribution < 1.29 is 32.2 Å². The van der Waals surface area contributed by atoms with Gasteiger partial charge in [-0.3, -0.25) is 4.79 Å². The molecule has 1 atom stereocenters. The number of carbonyl (C=O) groups excluding carboxylic acids is 2. The number of hydrogen-bond acceptors (Lipinski definition) is 7. The third kappa shape index (κ3) is 5.28. The molecule has 1 aromatic carbocycles. The molecule has 2 fully saturated rings. The summed E-state index contributed by atoms with van der Waals surface area (Å²) in [7, 11) is -3.62. The number of esters is 1. The fraction of sp³-hybridized carbons (Fsp3) is 0.556. The highest BCUT2D eigenvalue weighted by atomic mass is 32.2. The molecule has 0 spiro atoms. The van der Waals surface area contributed by atoms with Crippen LogP contribution in [0.25, 0.3) is 0 Å². The normalized spacial score (nSPS) is 20.6. The van der Waals surface area contributed by atoms with Gasteiger partial charge < -0.3 is 19.5 Å². The molecule has 1 N–H and O–H groups in total. The lowest BCUT2D eigenvalue weighted by Crippen LogP contribution is -2.40. The third-order valence-corrected chi connectivity index (χ3v) is 6.50. The minimum Gasteiger partial charge on any atom is -0.452 e. The third-order valence-electron chi connectivity index (χ3n) is 4.58. The predicted octanol–water partition coefficient (Wildman–Crippen LogP) is 0.160. The minimum atomic E-state index is -3.62. The second-order valence-corrected chi connectivity index (χ2v) is 8.49. The maximum absolute atomic E-state index is 12.6. The summed E-state index contributed by atoms with van der Waals surface area (Å²) in [6.45, 7) is 2.01. The molecule has 0 bridgehead atoms.